The van der Waals surface area contributed by atoms with Crippen LogP contribution in [0.2, 0.25) is 0 Å². The van der Waals surface area contributed by atoms with Gasteiger partial charge in [0, 0.05) is 20.8 Å². The van der Waals surface area contributed by atoms with Crippen LogP contribution in [-0.2, 0) is 11.1 Å². The Morgan fingerprint density at radius 1 is 1.00 bits per heavy atom. The summed E-state index contributed by atoms with van der Waals surface area (Å²) in [5, 5.41) is 27.4. The maximum absolute atomic E-state index is 10.3. The second-order valence-electron chi connectivity index (χ2n) is 10.3. The van der Waals surface area contributed by atoms with Gasteiger partial charge < -0.3 is 9.76 Å². The zero-order valence-electron chi connectivity index (χ0n) is 21.8. The summed E-state index contributed by atoms with van der Waals surface area (Å²) >= 11 is 3.48. The molecule has 0 aromatic carbocycles. The van der Waals surface area contributed by atoms with Crippen LogP contribution in [0, 0.1) is 16.7 Å². The van der Waals surface area contributed by atoms with Crippen molar-refractivity contribution in [1.29, 1.82) is 10.8 Å². The van der Waals surface area contributed by atoms with Crippen molar-refractivity contribution in [1.82, 2.24) is 0 Å². The van der Waals surface area contributed by atoms with Crippen molar-refractivity contribution in [2.24, 2.45) is 10.9 Å². The number of allylic oxidation sites excluding steroid dienone is 1. The van der Waals surface area contributed by atoms with E-state index in [0.717, 1.165) is 17.2 Å². The number of hydrogen-bond donors (Lipinski definition) is 3. The molecule has 2 aromatic rings. The predicted octanol–water partition coefficient (Wildman–Crippen LogP) is 6.84. The molecule has 3 heterocycles. The van der Waals surface area contributed by atoms with Crippen molar-refractivity contribution >= 4 is 47.3 Å². The third-order valence-electron chi connectivity index (χ3n) is 7.00. The summed E-state index contributed by atoms with van der Waals surface area (Å²) in [5.41, 5.74) is -0.533. The molecule has 0 radical (unpaired) electrons. The fourth-order valence-corrected chi connectivity index (χ4v) is 5.95. The molecule has 2 aromatic heterocycles. The number of aliphatic hydroxyl groups is 1. The van der Waals surface area contributed by atoms with Gasteiger partial charge in [0.05, 0.1) is 21.8 Å². The SMILES string of the molecule is CCCCC(CC)Cc1ccc(-c2ccc(C3=NC=C(BOC(C)(C)C(C)(C)O)C(=N)C3=N)s2)s1. The van der Waals surface area contributed by atoms with Crippen LogP contribution in [0.5, 0.6) is 0 Å². The maximum atomic E-state index is 10.3. The Labute approximate surface area is 218 Å². The molecule has 1 unspecified atom stereocenters. The number of unbranched alkanes of at least 4 members (excludes halogenated alkanes) is 1. The van der Waals surface area contributed by atoms with Crippen molar-refractivity contribution < 1.29 is 9.76 Å². The van der Waals surface area contributed by atoms with E-state index >= 15 is 0 Å². The van der Waals surface area contributed by atoms with Gasteiger partial charge in [-0.2, -0.15) is 0 Å². The van der Waals surface area contributed by atoms with E-state index in [4.69, 9.17) is 15.5 Å². The van der Waals surface area contributed by atoms with Crippen molar-refractivity contribution in [2.45, 2.75) is 84.8 Å². The number of aliphatic imine (C=N–C) groups is 1. The first-order chi connectivity index (χ1) is 16.5. The van der Waals surface area contributed by atoms with Gasteiger partial charge in [0.25, 0.3) is 0 Å². The summed E-state index contributed by atoms with van der Waals surface area (Å²) in [6.07, 6.45) is 7.84. The summed E-state index contributed by atoms with van der Waals surface area (Å²) in [4.78, 5) is 9.28. The van der Waals surface area contributed by atoms with Crippen LogP contribution in [0.3, 0.4) is 0 Å². The molecule has 3 N–H and O–H groups in total. The summed E-state index contributed by atoms with van der Waals surface area (Å²) in [5.74, 6) is 0.752. The topological polar surface area (TPSA) is 89.5 Å². The van der Waals surface area contributed by atoms with Crippen LogP contribution in [0.15, 0.2) is 40.9 Å². The van der Waals surface area contributed by atoms with Gasteiger partial charge in [-0.05, 0) is 69.8 Å². The van der Waals surface area contributed by atoms with E-state index in [0.29, 0.717) is 11.2 Å². The van der Waals surface area contributed by atoms with E-state index in [-0.39, 0.29) is 18.9 Å². The van der Waals surface area contributed by atoms with Crippen LogP contribution < -0.4 is 0 Å². The van der Waals surface area contributed by atoms with E-state index in [1.165, 1.54) is 40.3 Å². The van der Waals surface area contributed by atoms with Crippen LogP contribution >= 0.6 is 22.7 Å². The van der Waals surface area contributed by atoms with Crippen molar-refractivity contribution in [3.63, 3.8) is 0 Å². The zero-order chi connectivity index (χ0) is 25.8. The average molecular weight is 512 g/mol. The van der Waals surface area contributed by atoms with Crippen LogP contribution in [0.25, 0.3) is 9.75 Å². The standard InChI is InChI=1S/C27H38BN3O2S2/c1-7-9-10-17(8-2)15-18-11-12-20(34-18)21-13-14-22(35-21)25-24(30)23(29)19(16-31-25)28-33-27(5,6)26(3,4)32/h11-14,16-17,28-30,32H,7-10,15H2,1-6H3. The van der Waals surface area contributed by atoms with Crippen molar-refractivity contribution in [2.75, 3.05) is 0 Å². The normalized spacial score (nSPS) is 15.7. The van der Waals surface area contributed by atoms with Gasteiger partial charge in [-0.3, -0.25) is 15.8 Å². The van der Waals surface area contributed by atoms with Gasteiger partial charge in [-0.25, -0.2) is 0 Å². The van der Waals surface area contributed by atoms with E-state index in [1.54, 1.807) is 31.4 Å². The highest BCUT2D eigenvalue weighted by molar-refractivity contribution is 7.23. The molecule has 188 valence electrons. The summed E-state index contributed by atoms with van der Waals surface area (Å²) in [7, 11) is 0.125. The van der Waals surface area contributed by atoms with Gasteiger partial charge in [0.2, 0.25) is 0 Å². The van der Waals surface area contributed by atoms with Gasteiger partial charge in [0.15, 0.2) is 0 Å². The Balaban J connectivity index is 1.72. The zero-order valence-corrected chi connectivity index (χ0v) is 23.5. The molecule has 0 amide bonds. The van der Waals surface area contributed by atoms with Crippen molar-refractivity contribution in [3.05, 3.63) is 45.7 Å². The van der Waals surface area contributed by atoms with Crippen LogP contribution in [-0.4, -0.2) is 40.9 Å². The summed E-state index contributed by atoms with van der Waals surface area (Å²) in [6.45, 7) is 11.6. The highest BCUT2D eigenvalue weighted by Crippen LogP contribution is 2.36. The first-order valence-electron chi connectivity index (χ1n) is 12.5. The minimum absolute atomic E-state index is 0.106. The molecule has 1 atom stereocenters. The molecular formula is C27H38BN3O2S2. The van der Waals surface area contributed by atoms with Gasteiger partial charge in [-0.15, -0.1) is 22.7 Å². The molecule has 35 heavy (non-hydrogen) atoms. The molecule has 3 rings (SSSR count). The summed E-state index contributed by atoms with van der Waals surface area (Å²) in [6, 6.07) is 8.56. The molecule has 5 nitrogen and oxygen atoms in total. The second-order valence-corrected chi connectivity index (χ2v) is 12.5. The Morgan fingerprint density at radius 3 is 2.31 bits per heavy atom. The number of rotatable bonds is 12. The Kier molecular flexibility index (Phi) is 9.08. The smallest absolute Gasteiger partial charge is 0.313 e. The lowest BCUT2D eigenvalue weighted by Crippen LogP contribution is -2.48. The third kappa shape index (κ3) is 6.67. The first kappa shape index (κ1) is 27.7. The van der Waals surface area contributed by atoms with Gasteiger partial charge in [-0.1, -0.05) is 39.5 Å². The average Bonchev–Trinajstić information content (AvgIpc) is 3.46. The minimum atomic E-state index is -1.03. The lowest BCUT2D eigenvalue weighted by atomic mass is 9.78. The molecule has 0 bridgehead atoms. The minimum Gasteiger partial charge on any atom is -0.427 e. The number of thiophene rings is 2. The predicted molar refractivity (Wildman–Crippen MR) is 153 cm³/mol. The van der Waals surface area contributed by atoms with E-state index in [1.807, 2.05) is 31.3 Å². The molecule has 0 spiro atoms. The second kappa shape index (κ2) is 11.5. The van der Waals surface area contributed by atoms with Crippen LogP contribution in [0.4, 0.5) is 0 Å². The van der Waals surface area contributed by atoms with Gasteiger partial charge in [0.1, 0.15) is 11.4 Å². The van der Waals surface area contributed by atoms with E-state index in [2.05, 4.69) is 37.0 Å². The lowest BCUT2D eigenvalue weighted by molar-refractivity contribution is -0.0895. The number of nitrogens with zero attached hydrogens (tertiary/aromatic N) is 1. The quantitative estimate of drug-likeness (QED) is 0.273. The van der Waals surface area contributed by atoms with Crippen LogP contribution in [0.1, 0.15) is 77.0 Å². The molecule has 0 saturated carbocycles. The molecule has 8 heteroatoms. The highest BCUT2D eigenvalue weighted by atomic mass is 32.1. The Morgan fingerprint density at radius 2 is 1.66 bits per heavy atom. The fourth-order valence-electron chi connectivity index (χ4n) is 3.73. The Bertz CT molecular complexity index is 1120. The molecule has 0 aliphatic carbocycles. The lowest BCUT2D eigenvalue weighted by Gasteiger charge is -2.38. The van der Waals surface area contributed by atoms with E-state index in [9.17, 15) is 5.11 Å². The molecule has 0 fully saturated rings. The van der Waals surface area contributed by atoms with Gasteiger partial charge >= 0.3 is 7.48 Å². The third-order valence-corrected chi connectivity index (χ3v) is 9.39. The largest absolute Gasteiger partial charge is 0.427 e. The number of nitrogens with one attached hydrogen (secondary N) is 2. The fraction of sp³-hybridized carbons (Fsp3) is 0.519. The first-order valence-corrected chi connectivity index (χ1v) is 14.1. The molecular weight excluding hydrogens is 473 g/mol. The molecule has 1 aliphatic rings. The maximum Gasteiger partial charge on any atom is 0.313 e. The number of hydrogen-bond acceptors (Lipinski definition) is 7. The monoisotopic (exact) mass is 511 g/mol. The highest BCUT2D eigenvalue weighted by Gasteiger charge is 2.36. The summed E-state index contributed by atoms with van der Waals surface area (Å²) < 4.78 is 5.89. The van der Waals surface area contributed by atoms with Crippen molar-refractivity contribution in [3.8, 4) is 9.75 Å². The molecule has 0 saturated heterocycles. The van der Waals surface area contributed by atoms with E-state index < -0.39 is 11.2 Å². The Hall–Kier alpha value is -1.87. The molecule has 1 aliphatic heterocycles.